The Morgan fingerprint density at radius 2 is 2.17 bits per heavy atom. The molecule has 0 saturated carbocycles. The molecule has 2 heterocycles. The van der Waals surface area contributed by atoms with E-state index >= 15 is 0 Å². The summed E-state index contributed by atoms with van der Waals surface area (Å²) in [6.45, 7) is 5.33. The Labute approximate surface area is 137 Å². The van der Waals surface area contributed by atoms with Crippen molar-refractivity contribution < 1.29 is 14.6 Å². The molecular formula is C18H26N2O3. The van der Waals surface area contributed by atoms with Crippen LogP contribution in [0.2, 0.25) is 0 Å². The monoisotopic (exact) mass is 318 g/mol. The fourth-order valence-corrected chi connectivity index (χ4v) is 3.57. The molecule has 126 valence electrons. The first kappa shape index (κ1) is 16.4. The number of hydrogen-bond acceptors (Lipinski definition) is 4. The highest BCUT2D eigenvalue weighted by atomic mass is 16.5. The van der Waals surface area contributed by atoms with Crippen molar-refractivity contribution >= 4 is 11.6 Å². The van der Waals surface area contributed by atoms with Gasteiger partial charge < -0.3 is 14.7 Å². The zero-order valence-electron chi connectivity index (χ0n) is 13.8. The van der Waals surface area contributed by atoms with E-state index < -0.39 is 6.10 Å². The SMILES string of the molecule is CCO[C@@H]1CN(CCC(=O)N2CCCc3ccccc32)C[C@H]1O. The molecule has 1 aromatic carbocycles. The Balaban J connectivity index is 1.55. The number of aliphatic hydroxyl groups excluding tert-OH is 1. The number of aryl methyl sites for hydroxylation is 1. The fraction of sp³-hybridized carbons (Fsp3) is 0.611. The molecule has 2 aliphatic heterocycles. The third-order valence-electron chi connectivity index (χ3n) is 4.75. The number of hydrogen-bond donors (Lipinski definition) is 1. The second-order valence-corrected chi connectivity index (χ2v) is 6.35. The summed E-state index contributed by atoms with van der Waals surface area (Å²) in [5.41, 5.74) is 2.33. The number of benzene rings is 1. The number of carbonyl (C=O) groups excluding carboxylic acids is 1. The molecule has 0 aromatic heterocycles. The molecule has 23 heavy (non-hydrogen) atoms. The van der Waals surface area contributed by atoms with Crippen molar-refractivity contribution in [2.24, 2.45) is 0 Å². The lowest BCUT2D eigenvalue weighted by molar-refractivity contribution is -0.119. The minimum Gasteiger partial charge on any atom is -0.389 e. The first-order chi connectivity index (χ1) is 11.2. The summed E-state index contributed by atoms with van der Waals surface area (Å²) >= 11 is 0. The number of amides is 1. The summed E-state index contributed by atoms with van der Waals surface area (Å²) < 4.78 is 5.53. The summed E-state index contributed by atoms with van der Waals surface area (Å²) in [4.78, 5) is 16.7. The number of rotatable bonds is 5. The zero-order valence-corrected chi connectivity index (χ0v) is 13.8. The number of likely N-dealkylation sites (tertiary alicyclic amines) is 1. The number of aliphatic hydroxyl groups is 1. The highest BCUT2D eigenvalue weighted by molar-refractivity contribution is 5.94. The van der Waals surface area contributed by atoms with Crippen LogP contribution in [0, 0.1) is 0 Å². The number of anilines is 1. The van der Waals surface area contributed by atoms with Gasteiger partial charge in [0, 0.05) is 44.9 Å². The molecule has 1 N–H and O–H groups in total. The number of fused-ring (bicyclic) bond motifs is 1. The normalized spacial score (nSPS) is 24.7. The van der Waals surface area contributed by atoms with Crippen LogP contribution in [-0.4, -0.2) is 60.9 Å². The van der Waals surface area contributed by atoms with Crippen LogP contribution in [0.1, 0.15) is 25.3 Å². The van der Waals surface area contributed by atoms with Crippen molar-refractivity contribution in [1.29, 1.82) is 0 Å². The smallest absolute Gasteiger partial charge is 0.228 e. The number of β-amino-alcohol motifs (C(OH)–C–C–N with tert-alkyl or cyclic N) is 1. The van der Waals surface area contributed by atoms with Gasteiger partial charge in [0.2, 0.25) is 5.91 Å². The molecule has 0 bridgehead atoms. The van der Waals surface area contributed by atoms with Gasteiger partial charge in [-0.25, -0.2) is 0 Å². The van der Waals surface area contributed by atoms with Gasteiger partial charge in [-0.2, -0.15) is 0 Å². The largest absolute Gasteiger partial charge is 0.389 e. The number of nitrogens with zero attached hydrogens (tertiary/aromatic N) is 2. The van der Waals surface area contributed by atoms with Crippen molar-refractivity contribution in [2.75, 3.05) is 37.7 Å². The van der Waals surface area contributed by atoms with E-state index in [0.717, 1.165) is 25.1 Å². The molecule has 0 spiro atoms. The Bertz CT molecular complexity index is 549. The Kier molecular flexibility index (Phi) is 5.30. The van der Waals surface area contributed by atoms with Gasteiger partial charge in [0.15, 0.2) is 0 Å². The van der Waals surface area contributed by atoms with Crippen LogP contribution in [0.15, 0.2) is 24.3 Å². The molecule has 2 atom stereocenters. The second kappa shape index (κ2) is 7.43. The maximum absolute atomic E-state index is 12.6. The van der Waals surface area contributed by atoms with Gasteiger partial charge in [0.25, 0.3) is 0 Å². The summed E-state index contributed by atoms with van der Waals surface area (Å²) in [6.07, 6.45) is 2.00. The maximum Gasteiger partial charge on any atom is 0.228 e. The van der Waals surface area contributed by atoms with Gasteiger partial charge in [-0.3, -0.25) is 9.69 Å². The van der Waals surface area contributed by atoms with Crippen LogP contribution in [0.5, 0.6) is 0 Å². The third-order valence-corrected chi connectivity index (χ3v) is 4.75. The molecule has 5 nitrogen and oxygen atoms in total. The van der Waals surface area contributed by atoms with Gasteiger partial charge >= 0.3 is 0 Å². The van der Waals surface area contributed by atoms with Crippen LogP contribution in [0.4, 0.5) is 5.69 Å². The molecule has 1 amide bonds. The molecular weight excluding hydrogens is 292 g/mol. The topological polar surface area (TPSA) is 53.0 Å². The summed E-state index contributed by atoms with van der Waals surface area (Å²) in [5.74, 6) is 0.173. The molecule has 0 radical (unpaired) electrons. The van der Waals surface area contributed by atoms with E-state index in [1.54, 1.807) is 0 Å². The van der Waals surface area contributed by atoms with Gasteiger partial charge in [-0.1, -0.05) is 18.2 Å². The number of para-hydroxylation sites is 1. The van der Waals surface area contributed by atoms with E-state index in [9.17, 15) is 9.90 Å². The average molecular weight is 318 g/mol. The van der Waals surface area contributed by atoms with Crippen molar-refractivity contribution in [3.05, 3.63) is 29.8 Å². The number of ether oxygens (including phenoxy) is 1. The predicted octanol–water partition coefficient (Wildman–Crippen LogP) is 1.44. The molecule has 0 aliphatic carbocycles. The Hall–Kier alpha value is -1.43. The average Bonchev–Trinajstić information content (AvgIpc) is 2.92. The third kappa shape index (κ3) is 3.74. The van der Waals surface area contributed by atoms with Gasteiger partial charge in [-0.15, -0.1) is 0 Å². The quantitative estimate of drug-likeness (QED) is 0.892. The molecule has 1 aromatic rings. The van der Waals surface area contributed by atoms with E-state index in [1.165, 1.54) is 5.56 Å². The molecule has 0 unspecified atom stereocenters. The molecule has 1 fully saturated rings. The molecule has 2 aliphatic rings. The predicted molar refractivity (Wildman–Crippen MR) is 89.6 cm³/mol. The second-order valence-electron chi connectivity index (χ2n) is 6.35. The molecule has 3 rings (SSSR count). The van der Waals surface area contributed by atoms with Crippen LogP contribution in [-0.2, 0) is 16.0 Å². The minimum atomic E-state index is -0.444. The van der Waals surface area contributed by atoms with Gasteiger partial charge in [0.1, 0.15) is 0 Å². The van der Waals surface area contributed by atoms with Crippen LogP contribution >= 0.6 is 0 Å². The first-order valence-electron chi connectivity index (χ1n) is 8.59. The van der Waals surface area contributed by atoms with E-state index in [-0.39, 0.29) is 12.0 Å². The van der Waals surface area contributed by atoms with Crippen LogP contribution in [0.25, 0.3) is 0 Å². The lowest BCUT2D eigenvalue weighted by Gasteiger charge is -2.30. The minimum absolute atomic E-state index is 0.120. The van der Waals surface area contributed by atoms with Crippen LogP contribution < -0.4 is 4.90 Å². The lowest BCUT2D eigenvalue weighted by atomic mass is 10.0. The molecule has 1 saturated heterocycles. The van der Waals surface area contributed by atoms with Crippen molar-refractivity contribution in [2.45, 2.75) is 38.4 Å². The van der Waals surface area contributed by atoms with Crippen molar-refractivity contribution in [1.82, 2.24) is 4.90 Å². The highest BCUT2D eigenvalue weighted by Crippen LogP contribution is 2.27. The summed E-state index contributed by atoms with van der Waals surface area (Å²) in [5, 5.41) is 9.97. The van der Waals surface area contributed by atoms with Gasteiger partial charge in [0.05, 0.1) is 12.2 Å². The molecule has 5 heteroatoms. The summed E-state index contributed by atoms with van der Waals surface area (Å²) in [7, 11) is 0. The Morgan fingerprint density at radius 3 is 3.00 bits per heavy atom. The summed E-state index contributed by atoms with van der Waals surface area (Å²) in [6, 6.07) is 8.18. The maximum atomic E-state index is 12.6. The zero-order chi connectivity index (χ0) is 16.2. The number of carbonyl (C=O) groups is 1. The fourth-order valence-electron chi connectivity index (χ4n) is 3.57. The van der Waals surface area contributed by atoms with Crippen LogP contribution in [0.3, 0.4) is 0 Å². The van der Waals surface area contributed by atoms with Gasteiger partial charge in [-0.05, 0) is 31.4 Å². The standard InChI is InChI=1S/C18H26N2O3/c1-2-23-17-13-19(12-16(17)21)11-9-18(22)20-10-5-7-14-6-3-4-8-15(14)20/h3-4,6,8,16-17,21H,2,5,7,9-13H2,1H3/t16-,17-/m1/s1. The van der Waals surface area contributed by atoms with E-state index in [2.05, 4.69) is 11.0 Å². The van der Waals surface area contributed by atoms with E-state index in [1.807, 2.05) is 30.0 Å². The van der Waals surface area contributed by atoms with E-state index in [4.69, 9.17) is 4.74 Å². The Morgan fingerprint density at radius 1 is 1.35 bits per heavy atom. The van der Waals surface area contributed by atoms with Crippen molar-refractivity contribution in [3.8, 4) is 0 Å². The lowest BCUT2D eigenvalue weighted by Crippen LogP contribution is -2.37. The highest BCUT2D eigenvalue weighted by Gasteiger charge is 2.32. The van der Waals surface area contributed by atoms with E-state index in [0.29, 0.717) is 32.7 Å². The first-order valence-corrected chi connectivity index (χ1v) is 8.59. The van der Waals surface area contributed by atoms with Crippen molar-refractivity contribution in [3.63, 3.8) is 0 Å².